The highest BCUT2D eigenvalue weighted by Gasteiger charge is 2.15. The van der Waals surface area contributed by atoms with E-state index in [-0.39, 0.29) is 18.3 Å². The van der Waals surface area contributed by atoms with Crippen LogP contribution in [0.5, 0.6) is 0 Å². The minimum absolute atomic E-state index is 0.273. The zero-order valence-electron chi connectivity index (χ0n) is 13.5. The largest absolute Gasteiger partial charge is 0.394 e. The summed E-state index contributed by atoms with van der Waals surface area (Å²) in [5, 5.41) is 16.5. The van der Waals surface area contributed by atoms with Crippen molar-refractivity contribution < 1.29 is 14.3 Å². The number of aliphatic hydroxyl groups excluding tert-OH is 1. The summed E-state index contributed by atoms with van der Waals surface area (Å²) in [7, 11) is 0. The first-order valence-corrected chi connectivity index (χ1v) is 7.89. The number of aliphatic hydroxyl groups is 1. The summed E-state index contributed by atoms with van der Waals surface area (Å²) < 4.78 is 14.8. The van der Waals surface area contributed by atoms with Crippen LogP contribution in [0.3, 0.4) is 0 Å². The fourth-order valence-electron chi connectivity index (χ4n) is 2.56. The molecule has 1 atom stereocenters. The number of hydrogen-bond acceptors (Lipinski definition) is 3. The molecule has 1 heterocycles. The molecule has 0 spiro atoms. The number of nitrogens with zero attached hydrogens (tertiary/aromatic N) is 2. The van der Waals surface area contributed by atoms with E-state index in [1.54, 1.807) is 41.2 Å². The highest BCUT2D eigenvalue weighted by molar-refractivity contribution is 5.94. The molecule has 0 aliphatic rings. The van der Waals surface area contributed by atoms with Gasteiger partial charge in [-0.25, -0.2) is 4.39 Å². The molecule has 2 N–H and O–H groups in total. The molecule has 0 bridgehead atoms. The van der Waals surface area contributed by atoms with Crippen molar-refractivity contribution >= 4 is 5.91 Å². The van der Waals surface area contributed by atoms with Gasteiger partial charge in [0, 0.05) is 18.0 Å². The van der Waals surface area contributed by atoms with Gasteiger partial charge in [0.15, 0.2) is 0 Å². The molecule has 5 nitrogen and oxygen atoms in total. The first-order chi connectivity index (χ1) is 12.2. The van der Waals surface area contributed by atoms with E-state index in [1.165, 1.54) is 12.1 Å². The van der Waals surface area contributed by atoms with Crippen LogP contribution in [0.4, 0.5) is 4.39 Å². The second kappa shape index (κ2) is 7.72. The number of nitrogens with one attached hydrogen (secondary N) is 1. The second-order valence-corrected chi connectivity index (χ2v) is 5.66. The van der Waals surface area contributed by atoms with Crippen LogP contribution < -0.4 is 5.32 Å². The van der Waals surface area contributed by atoms with Gasteiger partial charge in [-0.05, 0) is 41.5 Å². The number of aromatic nitrogens is 2. The first kappa shape index (κ1) is 16.9. The van der Waals surface area contributed by atoms with Crippen molar-refractivity contribution in [2.75, 3.05) is 6.61 Å². The van der Waals surface area contributed by atoms with Crippen molar-refractivity contribution in [2.45, 2.75) is 12.6 Å². The van der Waals surface area contributed by atoms with E-state index in [4.69, 9.17) is 0 Å². The molecule has 0 unspecified atom stereocenters. The molecule has 0 saturated heterocycles. The van der Waals surface area contributed by atoms with Crippen LogP contribution in [-0.2, 0) is 6.54 Å². The standard InChI is InChI=1S/C19H18FN3O2/c20-17-7-5-15(6-8-17)18(13-24)22-19(25)16-4-1-3-14(11-16)12-23-10-2-9-21-23/h1-11,18,24H,12-13H2,(H,22,25)/t18-/m1/s1. The lowest BCUT2D eigenvalue weighted by Gasteiger charge is -2.17. The first-order valence-electron chi connectivity index (χ1n) is 7.89. The molecule has 0 saturated carbocycles. The predicted octanol–water partition coefficient (Wildman–Crippen LogP) is 2.53. The number of halogens is 1. The molecule has 3 rings (SSSR count). The Kier molecular flexibility index (Phi) is 5.20. The molecule has 128 valence electrons. The van der Waals surface area contributed by atoms with Gasteiger partial charge in [0.2, 0.25) is 0 Å². The average molecular weight is 339 g/mol. The number of benzene rings is 2. The van der Waals surface area contributed by atoms with Crippen LogP contribution >= 0.6 is 0 Å². The van der Waals surface area contributed by atoms with Crippen LogP contribution in [-0.4, -0.2) is 27.4 Å². The second-order valence-electron chi connectivity index (χ2n) is 5.66. The van der Waals surface area contributed by atoms with Crippen molar-refractivity contribution in [1.82, 2.24) is 15.1 Å². The summed E-state index contributed by atoms with van der Waals surface area (Å²) in [5.74, 6) is -0.663. The lowest BCUT2D eigenvalue weighted by Crippen LogP contribution is -2.30. The van der Waals surface area contributed by atoms with Gasteiger partial charge in [0.05, 0.1) is 19.2 Å². The van der Waals surface area contributed by atoms with Crippen LogP contribution in [0.25, 0.3) is 0 Å². The van der Waals surface area contributed by atoms with E-state index in [1.807, 2.05) is 18.3 Å². The van der Waals surface area contributed by atoms with Crippen LogP contribution in [0.2, 0.25) is 0 Å². The molecule has 0 fully saturated rings. The quantitative estimate of drug-likeness (QED) is 0.725. The maximum atomic E-state index is 13.0. The molecule has 1 amide bonds. The fourth-order valence-corrected chi connectivity index (χ4v) is 2.56. The zero-order chi connectivity index (χ0) is 17.6. The maximum absolute atomic E-state index is 13.0. The molecule has 3 aromatic rings. The van der Waals surface area contributed by atoms with Crippen LogP contribution in [0, 0.1) is 5.82 Å². The summed E-state index contributed by atoms with van der Waals surface area (Å²) in [6, 6.07) is 14.2. The van der Waals surface area contributed by atoms with E-state index in [2.05, 4.69) is 10.4 Å². The van der Waals surface area contributed by atoms with Crippen molar-refractivity contribution in [3.8, 4) is 0 Å². The number of carbonyl (C=O) groups is 1. The molecule has 2 aromatic carbocycles. The third kappa shape index (κ3) is 4.30. The Hall–Kier alpha value is -2.99. The summed E-state index contributed by atoms with van der Waals surface area (Å²) in [5.41, 5.74) is 2.08. The SMILES string of the molecule is O=C(N[C@H](CO)c1ccc(F)cc1)c1cccc(Cn2cccn2)c1. The zero-order valence-corrected chi connectivity index (χ0v) is 13.5. The van der Waals surface area contributed by atoms with E-state index in [0.29, 0.717) is 17.7 Å². The van der Waals surface area contributed by atoms with E-state index < -0.39 is 6.04 Å². The van der Waals surface area contributed by atoms with Gasteiger partial charge in [-0.15, -0.1) is 0 Å². The van der Waals surface area contributed by atoms with Gasteiger partial charge in [-0.3, -0.25) is 9.48 Å². The summed E-state index contributed by atoms with van der Waals surface area (Å²) in [6.45, 7) is 0.292. The molecule has 0 aliphatic carbocycles. The Labute approximate surface area is 144 Å². The van der Waals surface area contributed by atoms with E-state index in [0.717, 1.165) is 5.56 Å². The third-order valence-electron chi connectivity index (χ3n) is 3.85. The number of hydrogen-bond donors (Lipinski definition) is 2. The molecule has 25 heavy (non-hydrogen) atoms. The Balaban J connectivity index is 1.72. The van der Waals surface area contributed by atoms with Gasteiger partial charge in [-0.2, -0.15) is 5.10 Å². The monoisotopic (exact) mass is 339 g/mol. The third-order valence-corrected chi connectivity index (χ3v) is 3.85. The average Bonchev–Trinajstić information content (AvgIpc) is 3.13. The number of amides is 1. The molecule has 0 aliphatic heterocycles. The minimum atomic E-state index is -0.595. The highest BCUT2D eigenvalue weighted by atomic mass is 19.1. The molecule has 6 heteroatoms. The van der Waals surface area contributed by atoms with Gasteiger partial charge >= 0.3 is 0 Å². The smallest absolute Gasteiger partial charge is 0.251 e. The highest BCUT2D eigenvalue weighted by Crippen LogP contribution is 2.15. The van der Waals surface area contributed by atoms with E-state index in [9.17, 15) is 14.3 Å². The van der Waals surface area contributed by atoms with Crippen molar-refractivity contribution in [1.29, 1.82) is 0 Å². The van der Waals surface area contributed by atoms with Gasteiger partial charge in [0.1, 0.15) is 5.82 Å². The maximum Gasteiger partial charge on any atom is 0.251 e. The molecule has 0 radical (unpaired) electrons. The van der Waals surface area contributed by atoms with Crippen molar-refractivity contribution in [3.63, 3.8) is 0 Å². The van der Waals surface area contributed by atoms with Crippen LogP contribution in [0.15, 0.2) is 67.0 Å². The number of carbonyl (C=O) groups excluding carboxylic acids is 1. The van der Waals surface area contributed by atoms with Crippen molar-refractivity contribution in [3.05, 3.63) is 89.5 Å². The normalized spacial score (nSPS) is 11.9. The minimum Gasteiger partial charge on any atom is -0.394 e. The topological polar surface area (TPSA) is 67.2 Å². The Morgan fingerprint density at radius 2 is 2.00 bits per heavy atom. The van der Waals surface area contributed by atoms with Gasteiger partial charge in [-0.1, -0.05) is 24.3 Å². The van der Waals surface area contributed by atoms with E-state index >= 15 is 0 Å². The summed E-state index contributed by atoms with van der Waals surface area (Å²) in [4.78, 5) is 12.5. The van der Waals surface area contributed by atoms with Gasteiger partial charge in [0.25, 0.3) is 5.91 Å². The lowest BCUT2D eigenvalue weighted by molar-refractivity contribution is 0.0916. The Morgan fingerprint density at radius 3 is 2.68 bits per heavy atom. The van der Waals surface area contributed by atoms with Gasteiger partial charge < -0.3 is 10.4 Å². The molecular formula is C19H18FN3O2. The fraction of sp³-hybridized carbons (Fsp3) is 0.158. The number of rotatable bonds is 6. The summed E-state index contributed by atoms with van der Waals surface area (Å²) in [6.07, 6.45) is 3.55. The van der Waals surface area contributed by atoms with Crippen LogP contribution in [0.1, 0.15) is 27.5 Å². The predicted molar refractivity (Wildman–Crippen MR) is 91.5 cm³/mol. The van der Waals surface area contributed by atoms with Crippen molar-refractivity contribution in [2.24, 2.45) is 0 Å². The Morgan fingerprint density at radius 1 is 1.20 bits per heavy atom. The summed E-state index contributed by atoms with van der Waals surface area (Å²) >= 11 is 0. The lowest BCUT2D eigenvalue weighted by atomic mass is 10.1. The molecule has 1 aromatic heterocycles. The Bertz CT molecular complexity index is 832. The molecular weight excluding hydrogens is 321 g/mol.